The molecule has 0 heterocycles. The van der Waals surface area contributed by atoms with Gasteiger partial charge in [0.1, 0.15) is 0 Å². The van der Waals surface area contributed by atoms with Crippen LogP contribution in [0.1, 0.15) is 194 Å². The highest BCUT2D eigenvalue weighted by Crippen LogP contribution is 2.11. The van der Waals surface area contributed by atoms with Gasteiger partial charge >= 0.3 is 0 Å². The van der Waals surface area contributed by atoms with Crippen molar-refractivity contribution in [2.75, 3.05) is 13.1 Å². The first kappa shape index (κ1) is 38.4. The normalized spacial score (nSPS) is 12.1. The molecule has 0 aliphatic rings. The minimum atomic E-state index is 0.966. The predicted molar refractivity (Wildman–Crippen MR) is 178 cm³/mol. The molecule has 39 heavy (non-hydrogen) atoms. The monoisotopic (exact) mass is 548 g/mol. The molecule has 0 aliphatic heterocycles. The van der Waals surface area contributed by atoms with Crippen molar-refractivity contribution in [2.24, 2.45) is 5.84 Å². The minimum absolute atomic E-state index is 0.966. The lowest BCUT2D eigenvalue weighted by Crippen LogP contribution is -2.44. The molecule has 3 N–H and O–H groups in total. The first-order valence-electron chi connectivity index (χ1n) is 17.9. The topological polar surface area (TPSA) is 41.3 Å². The number of hydrazine groups is 2. The lowest BCUT2D eigenvalue weighted by molar-refractivity contribution is 0.185. The minimum Gasteiger partial charge on any atom is -0.255 e. The van der Waals surface area contributed by atoms with Gasteiger partial charge in [-0.25, -0.2) is 5.43 Å². The van der Waals surface area contributed by atoms with Crippen molar-refractivity contribution in [3.05, 3.63) is 24.3 Å². The van der Waals surface area contributed by atoms with Crippen molar-refractivity contribution in [3.8, 4) is 0 Å². The Morgan fingerprint density at radius 2 is 0.718 bits per heavy atom. The largest absolute Gasteiger partial charge is 0.255 e. The molecular weight excluding hydrogens is 474 g/mol. The second-order valence-electron chi connectivity index (χ2n) is 12.0. The Labute approximate surface area is 247 Å². The smallest absolute Gasteiger partial charge is 0.0285 e. The lowest BCUT2D eigenvalue weighted by atomic mass is 10.1. The summed E-state index contributed by atoms with van der Waals surface area (Å²) in [7, 11) is 0. The molecule has 0 unspecified atom stereocenters. The molecule has 0 atom stereocenters. The highest BCUT2D eigenvalue weighted by molar-refractivity contribution is 4.82. The Hall–Kier alpha value is -0.640. The molecule has 0 rings (SSSR count). The van der Waals surface area contributed by atoms with Crippen LogP contribution in [0.5, 0.6) is 0 Å². The van der Waals surface area contributed by atoms with E-state index in [1.54, 1.807) is 0 Å². The molecule has 0 amide bonds. The van der Waals surface area contributed by atoms with Gasteiger partial charge in [-0.2, -0.15) is 5.12 Å². The van der Waals surface area contributed by atoms with Crippen LogP contribution in [-0.2, 0) is 0 Å². The van der Waals surface area contributed by atoms with E-state index >= 15 is 0 Å². The zero-order valence-corrected chi connectivity index (χ0v) is 27.0. The maximum Gasteiger partial charge on any atom is 0.0285 e. The van der Waals surface area contributed by atoms with Crippen LogP contribution in [0.4, 0.5) is 0 Å². The molecule has 0 aromatic carbocycles. The van der Waals surface area contributed by atoms with Gasteiger partial charge < -0.3 is 0 Å². The molecule has 0 aliphatic carbocycles. The SMILES string of the molecule is CCCCCCCCC=CCCCCCCCCNN(N)CCCCCCCCC=CCCCCCCCC. The van der Waals surface area contributed by atoms with Gasteiger partial charge in [-0.15, -0.1) is 0 Å². The number of nitrogens with two attached hydrogens (primary N) is 1. The number of hydrogen-bond donors (Lipinski definition) is 2. The van der Waals surface area contributed by atoms with E-state index in [-0.39, 0.29) is 0 Å². The van der Waals surface area contributed by atoms with Gasteiger partial charge in [0.2, 0.25) is 0 Å². The molecule has 0 aromatic heterocycles. The third kappa shape index (κ3) is 35.3. The van der Waals surface area contributed by atoms with Crippen LogP contribution in [0.3, 0.4) is 0 Å². The zero-order valence-electron chi connectivity index (χ0n) is 27.0. The molecule has 0 bridgehead atoms. The second-order valence-corrected chi connectivity index (χ2v) is 12.0. The van der Waals surface area contributed by atoms with Crippen molar-refractivity contribution in [1.29, 1.82) is 0 Å². The van der Waals surface area contributed by atoms with Crippen LogP contribution in [0.25, 0.3) is 0 Å². The van der Waals surface area contributed by atoms with E-state index in [1.807, 2.05) is 5.12 Å². The van der Waals surface area contributed by atoms with Gasteiger partial charge in [0, 0.05) is 13.1 Å². The average molecular weight is 548 g/mol. The first-order valence-corrected chi connectivity index (χ1v) is 17.9. The van der Waals surface area contributed by atoms with Crippen molar-refractivity contribution < 1.29 is 0 Å². The van der Waals surface area contributed by atoms with E-state index < -0.39 is 0 Å². The predicted octanol–water partition coefficient (Wildman–Crippen LogP) is 11.7. The van der Waals surface area contributed by atoms with E-state index in [2.05, 4.69) is 43.6 Å². The molecule has 232 valence electrons. The highest BCUT2D eigenvalue weighted by atomic mass is 15.7. The number of rotatable bonds is 33. The molecule has 0 saturated heterocycles. The lowest BCUT2D eigenvalue weighted by Gasteiger charge is -2.17. The Balaban J connectivity index is 3.22. The number of allylic oxidation sites excluding steroid dienone is 4. The fourth-order valence-corrected chi connectivity index (χ4v) is 5.20. The van der Waals surface area contributed by atoms with E-state index in [4.69, 9.17) is 5.84 Å². The summed E-state index contributed by atoms with van der Waals surface area (Å²) in [6.45, 7) is 6.56. The molecule has 0 saturated carbocycles. The maximum absolute atomic E-state index is 6.11. The summed E-state index contributed by atoms with van der Waals surface area (Å²) in [4.78, 5) is 0. The fourth-order valence-electron chi connectivity index (χ4n) is 5.20. The summed E-state index contributed by atoms with van der Waals surface area (Å²) in [6, 6.07) is 0. The Morgan fingerprint density at radius 3 is 1.10 bits per heavy atom. The van der Waals surface area contributed by atoms with Crippen LogP contribution < -0.4 is 11.3 Å². The van der Waals surface area contributed by atoms with Crippen molar-refractivity contribution >= 4 is 0 Å². The summed E-state index contributed by atoms with van der Waals surface area (Å²) in [5.74, 6) is 6.11. The second kappa shape index (κ2) is 35.4. The van der Waals surface area contributed by atoms with Crippen molar-refractivity contribution in [2.45, 2.75) is 194 Å². The zero-order chi connectivity index (χ0) is 28.3. The Kier molecular flexibility index (Phi) is 34.8. The van der Waals surface area contributed by atoms with Gasteiger partial charge in [0.05, 0.1) is 0 Å². The first-order chi connectivity index (χ1) is 19.3. The molecule has 3 nitrogen and oxygen atoms in total. The molecule has 0 radical (unpaired) electrons. The van der Waals surface area contributed by atoms with Gasteiger partial charge in [-0.3, -0.25) is 5.84 Å². The summed E-state index contributed by atoms with van der Waals surface area (Å²) < 4.78 is 0. The molecule has 0 aromatic rings. The van der Waals surface area contributed by atoms with E-state index in [0.29, 0.717) is 0 Å². The summed E-state index contributed by atoms with van der Waals surface area (Å²) in [6.07, 6.45) is 47.6. The van der Waals surface area contributed by atoms with E-state index in [0.717, 1.165) is 13.1 Å². The fraction of sp³-hybridized carbons (Fsp3) is 0.889. The summed E-state index contributed by atoms with van der Waals surface area (Å²) in [5.41, 5.74) is 3.38. The molecule has 3 heteroatoms. The number of nitrogens with zero attached hydrogens (tertiary/aromatic N) is 1. The van der Waals surface area contributed by atoms with Crippen LogP contribution >= 0.6 is 0 Å². The Morgan fingerprint density at radius 1 is 0.410 bits per heavy atom. The standard InChI is InChI=1S/C36H73N3/c1-3-5-7-9-11-13-15-17-19-21-23-25-27-29-31-33-35-38-39(37)36-34-32-30-28-26-24-22-20-18-16-14-12-10-8-6-4-2/h17-20,38H,3-16,21-37H2,1-2H3. The number of unbranched alkanes of at least 4 members (excludes halogenated alkanes) is 24. The van der Waals surface area contributed by atoms with Crippen LogP contribution in [0.15, 0.2) is 24.3 Å². The van der Waals surface area contributed by atoms with E-state index in [9.17, 15) is 0 Å². The van der Waals surface area contributed by atoms with Crippen LogP contribution in [0.2, 0.25) is 0 Å². The van der Waals surface area contributed by atoms with Gasteiger partial charge in [-0.05, 0) is 64.2 Å². The Bertz CT molecular complexity index is 488. The maximum atomic E-state index is 6.11. The van der Waals surface area contributed by atoms with Crippen LogP contribution in [-0.4, -0.2) is 18.2 Å². The number of hydrogen-bond acceptors (Lipinski definition) is 3. The molecule has 0 fully saturated rings. The van der Waals surface area contributed by atoms with Gasteiger partial charge in [0.25, 0.3) is 0 Å². The van der Waals surface area contributed by atoms with Gasteiger partial charge in [-0.1, -0.05) is 154 Å². The van der Waals surface area contributed by atoms with Crippen molar-refractivity contribution in [3.63, 3.8) is 0 Å². The molecular formula is C36H73N3. The summed E-state index contributed by atoms with van der Waals surface area (Å²) in [5, 5.41) is 1.83. The third-order valence-corrected chi connectivity index (χ3v) is 7.91. The quantitative estimate of drug-likeness (QED) is 0.0371. The molecule has 0 spiro atoms. The average Bonchev–Trinajstić information content (AvgIpc) is 2.94. The number of nitrogens with one attached hydrogen (secondary N) is 1. The highest BCUT2D eigenvalue weighted by Gasteiger charge is 1.99. The van der Waals surface area contributed by atoms with Crippen molar-refractivity contribution in [1.82, 2.24) is 10.5 Å². The van der Waals surface area contributed by atoms with E-state index in [1.165, 1.54) is 180 Å². The summed E-state index contributed by atoms with van der Waals surface area (Å²) >= 11 is 0. The van der Waals surface area contributed by atoms with Gasteiger partial charge in [0.15, 0.2) is 0 Å². The van der Waals surface area contributed by atoms with Crippen LogP contribution in [0, 0.1) is 0 Å². The third-order valence-electron chi connectivity index (χ3n) is 7.91.